The van der Waals surface area contributed by atoms with E-state index in [4.69, 9.17) is 5.26 Å². The van der Waals surface area contributed by atoms with E-state index in [-0.39, 0.29) is 0 Å². The van der Waals surface area contributed by atoms with Gasteiger partial charge in [-0.05, 0) is 0 Å². The molecule has 1 nitrogen and oxygen atoms in total. The molecular weight excluding hydrogens is 129 g/mol. The Kier molecular flexibility index (Phi) is 3.82. The molecule has 0 saturated heterocycles. The number of rotatable bonds is 3. The molecule has 2 heteroatoms. The van der Waals surface area contributed by atoms with Crippen LogP contribution in [-0.2, 0) is 0 Å². The summed E-state index contributed by atoms with van der Waals surface area (Å²) in [6, 6.07) is 0. The number of hydrogen-bond acceptors (Lipinski definition) is 1. The van der Waals surface area contributed by atoms with Crippen LogP contribution in [0, 0.1) is 11.1 Å². The van der Waals surface area contributed by atoms with Crippen molar-refractivity contribution in [1.29, 1.82) is 5.26 Å². The third-order valence-electron chi connectivity index (χ3n) is 2.27. The summed E-state index contributed by atoms with van der Waals surface area (Å²) in [5, 5.41) is 8.79. The summed E-state index contributed by atoms with van der Waals surface area (Å²) in [7, 11) is -1.39. The molecule has 0 aromatic carbocycles. The minimum absolute atomic E-state index is 1.12. The SMILES string of the molecule is CC[PH](C#N)(CC)CC. The van der Waals surface area contributed by atoms with E-state index in [0.29, 0.717) is 0 Å². The third kappa shape index (κ3) is 1.95. The van der Waals surface area contributed by atoms with Gasteiger partial charge in [-0.3, -0.25) is 0 Å². The van der Waals surface area contributed by atoms with Crippen molar-refractivity contribution >= 4 is 7.26 Å². The second-order valence-corrected chi connectivity index (χ2v) is 7.36. The summed E-state index contributed by atoms with van der Waals surface area (Å²) in [6.45, 7) is 6.42. The Morgan fingerprint density at radius 1 is 1.11 bits per heavy atom. The van der Waals surface area contributed by atoms with Crippen LogP contribution in [0.1, 0.15) is 20.8 Å². The molecule has 0 saturated carbocycles. The monoisotopic (exact) mass is 145 g/mol. The summed E-state index contributed by atoms with van der Waals surface area (Å²) in [4.78, 5) is 0. The molecule has 0 heterocycles. The molecule has 0 spiro atoms. The normalized spacial score (nSPS) is 12.7. The first-order valence-corrected chi connectivity index (χ1v) is 6.28. The Balaban J connectivity index is 4.04. The van der Waals surface area contributed by atoms with Crippen LogP contribution in [0.25, 0.3) is 0 Å². The van der Waals surface area contributed by atoms with E-state index >= 15 is 0 Å². The molecule has 0 fully saturated rings. The second kappa shape index (κ2) is 3.85. The molecule has 0 bridgehead atoms. The van der Waals surface area contributed by atoms with Crippen molar-refractivity contribution in [2.24, 2.45) is 0 Å². The number of hydrogen-bond donors (Lipinski definition) is 0. The van der Waals surface area contributed by atoms with Crippen molar-refractivity contribution in [3.63, 3.8) is 0 Å². The molecule has 0 rings (SSSR count). The van der Waals surface area contributed by atoms with Gasteiger partial charge in [0.05, 0.1) is 0 Å². The van der Waals surface area contributed by atoms with E-state index in [1.807, 2.05) is 0 Å². The van der Waals surface area contributed by atoms with Crippen molar-refractivity contribution in [3.05, 3.63) is 0 Å². The molecular formula is C7H16NP. The van der Waals surface area contributed by atoms with Gasteiger partial charge in [0.25, 0.3) is 0 Å². The molecule has 0 aliphatic rings. The molecule has 0 amide bonds. The van der Waals surface area contributed by atoms with Crippen LogP contribution in [0.3, 0.4) is 0 Å². The van der Waals surface area contributed by atoms with Gasteiger partial charge in [-0.25, -0.2) is 0 Å². The molecule has 0 unspecified atom stereocenters. The predicted octanol–water partition coefficient (Wildman–Crippen LogP) is 2.28. The summed E-state index contributed by atoms with van der Waals surface area (Å²) in [5.41, 5.74) is 0. The molecule has 0 aliphatic carbocycles. The zero-order valence-corrected chi connectivity index (χ0v) is 7.57. The minimum atomic E-state index is -1.39. The Morgan fingerprint density at radius 3 is 1.44 bits per heavy atom. The number of nitriles is 1. The van der Waals surface area contributed by atoms with Crippen molar-refractivity contribution in [3.8, 4) is 5.81 Å². The maximum atomic E-state index is 8.79. The molecule has 0 atom stereocenters. The van der Waals surface area contributed by atoms with Crippen molar-refractivity contribution < 1.29 is 0 Å². The Labute approximate surface area is 58.4 Å². The van der Waals surface area contributed by atoms with Crippen molar-refractivity contribution in [2.45, 2.75) is 20.8 Å². The summed E-state index contributed by atoms with van der Waals surface area (Å²) in [6.07, 6.45) is 3.36. The van der Waals surface area contributed by atoms with Crippen LogP contribution in [-0.4, -0.2) is 18.5 Å². The second-order valence-electron chi connectivity index (χ2n) is 2.45. The Bertz CT molecular complexity index is 102. The maximum absolute atomic E-state index is 8.79. The topological polar surface area (TPSA) is 23.8 Å². The van der Waals surface area contributed by atoms with Gasteiger partial charge in [-0.2, -0.15) is 0 Å². The zero-order chi connectivity index (χ0) is 7.33. The Morgan fingerprint density at radius 2 is 1.44 bits per heavy atom. The van der Waals surface area contributed by atoms with Crippen LogP contribution >= 0.6 is 7.26 Å². The van der Waals surface area contributed by atoms with Crippen LogP contribution in [0.5, 0.6) is 0 Å². The molecule has 0 N–H and O–H groups in total. The van der Waals surface area contributed by atoms with E-state index in [2.05, 4.69) is 26.6 Å². The van der Waals surface area contributed by atoms with Gasteiger partial charge in [0.15, 0.2) is 0 Å². The fourth-order valence-electron chi connectivity index (χ4n) is 0.987. The van der Waals surface area contributed by atoms with E-state index in [0.717, 1.165) is 18.5 Å². The first-order valence-electron chi connectivity index (χ1n) is 3.66. The summed E-state index contributed by atoms with van der Waals surface area (Å²) < 4.78 is 0. The first-order chi connectivity index (χ1) is 4.24. The van der Waals surface area contributed by atoms with E-state index in [9.17, 15) is 0 Å². The van der Waals surface area contributed by atoms with Crippen LogP contribution < -0.4 is 0 Å². The van der Waals surface area contributed by atoms with Crippen LogP contribution in [0.4, 0.5) is 0 Å². The van der Waals surface area contributed by atoms with Gasteiger partial charge < -0.3 is 0 Å². The third-order valence-corrected chi connectivity index (χ3v) is 6.80. The van der Waals surface area contributed by atoms with Crippen LogP contribution in [0.2, 0.25) is 0 Å². The van der Waals surface area contributed by atoms with Gasteiger partial charge in [-0.15, -0.1) is 0 Å². The standard InChI is InChI=1S/C7H16NP/c1-4-9(5-2,6-3)7-8/h9H,4-6H2,1-3H3. The first kappa shape index (κ1) is 8.92. The molecule has 54 valence electrons. The molecule has 0 radical (unpaired) electrons. The van der Waals surface area contributed by atoms with Crippen molar-refractivity contribution in [2.75, 3.05) is 18.5 Å². The zero-order valence-electron chi connectivity index (χ0n) is 6.57. The van der Waals surface area contributed by atoms with Crippen LogP contribution in [0.15, 0.2) is 0 Å². The van der Waals surface area contributed by atoms with Crippen molar-refractivity contribution in [1.82, 2.24) is 0 Å². The van der Waals surface area contributed by atoms with Gasteiger partial charge in [0, 0.05) is 0 Å². The molecule has 0 aliphatic heterocycles. The molecule has 9 heavy (non-hydrogen) atoms. The van der Waals surface area contributed by atoms with Gasteiger partial charge in [0.1, 0.15) is 0 Å². The van der Waals surface area contributed by atoms with Gasteiger partial charge in [-0.1, -0.05) is 0 Å². The van der Waals surface area contributed by atoms with Gasteiger partial charge in [0.2, 0.25) is 0 Å². The van der Waals surface area contributed by atoms with Gasteiger partial charge >= 0.3 is 57.6 Å². The molecule has 0 aromatic rings. The summed E-state index contributed by atoms with van der Waals surface area (Å²) in [5.74, 6) is 2.50. The van der Waals surface area contributed by atoms with E-state index in [1.54, 1.807) is 0 Å². The average molecular weight is 145 g/mol. The molecule has 0 aromatic heterocycles. The fourth-order valence-corrected chi connectivity index (χ4v) is 2.96. The Hall–Kier alpha value is -0.0800. The quantitative estimate of drug-likeness (QED) is 0.559. The number of nitrogens with zero attached hydrogens (tertiary/aromatic N) is 1. The fraction of sp³-hybridized carbons (Fsp3) is 0.857. The van der Waals surface area contributed by atoms with E-state index in [1.165, 1.54) is 0 Å². The average Bonchev–Trinajstić information content (AvgIpc) is 1.95. The summed E-state index contributed by atoms with van der Waals surface area (Å²) >= 11 is 0. The predicted molar refractivity (Wildman–Crippen MR) is 45.6 cm³/mol. The van der Waals surface area contributed by atoms with E-state index < -0.39 is 7.26 Å².